The molecule has 0 aliphatic carbocycles. The van der Waals surface area contributed by atoms with Crippen molar-refractivity contribution in [3.63, 3.8) is 0 Å². The zero-order chi connectivity index (χ0) is 15.6. The Bertz CT molecular complexity index is 642. The van der Waals surface area contributed by atoms with E-state index in [1.54, 1.807) is 18.2 Å². The molecule has 0 amide bonds. The van der Waals surface area contributed by atoms with Crippen molar-refractivity contribution in [2.75, 3.05) is 14.2 Å². The Kier molecular flexibility index (Phi) is 4.65. The summed E-state index contributed by atoms with van der Waals surface area (Å²) in [6.45, 7) is 0. The number of rotatable bonds is 4. The number of methoxy groups -OCH3 is 2. The van der Waals surface area contributed by atoms with Gasteiger partial charge in [-0.3, -0.25) is 0 Å². The fraction of sp³-hybridized carbons (Fsp3) is 0.200. The highest BCUT2D eigenvalue weighted by atomic mass is 35.5. The molecule has 0 heterocycles. The molecular formula is C15H14ClF2NO2. The maximum absolute atomic E-state index is 13.4. The van der Waals surface area contributed by atoms with Crippen molar-refractivity contribution in [2.24, 2.45) is 5.73 Å². The maximum Gasteiger partial charge on any atom is 0.160 e. The van der Waals surface area contributed by atoms with Crippen LogP contribution in [0.15, 0.2) is 30.3 Å². The van der Waals surface area contributed by atoms with Crippen molar-refractivity contribution in [3.8, 4) is 11.5 Å². The number of hydrogen-bond donors (Lipinski definition) is 1. The first-order valence-corrected chi connectivity index (χ1v) is 6.47. The van der Waals surface area contributed by atoms with E-state index in [2.05, 4.69) is 0 Å². The zero-order valence-electron chi connectivity index (χ0n) is 11.5. The molecule has 0 bridgehead atoms. The van der Waals surface area contributed by atoms with E-state index in [1.165, 1.54) is 14.2 Å². The zero-order valence-corrected chi connectivity index (χ0v) is 12.2. The number of hydrogen-bond acceptors (Lipinski definition) is 3. The Morgan fingerprint density at radius 3 is 2.00 bits per heavy atom. The van der Waals surface area contributed by atoms with Gasteiger partial charge >= 0.3 is 0 Å². The summed E-state index contributed by atoms with van der Waals surface area (Å²) < 4.78 is 36.8. The summed E-state index contributed by atoms with van der Waals surface area (Å²) >= 11 is 5.94. The molecule has 0 aliphatic heterocycles. The van der Waals surface area contributed by atoms with E-state index in [0.717, 1.165) is 12.1 Å². The van der Waals surface area contributed by atoms with Gasteiger partial charge in [0, 0.05) is 11.1 Å². The average Bonchev–Trinajstić information content (AvgIpc) is 2.49. The van der Waals surface area contributed by atoms with Gasteiger partial charge in [-0.25, -0.2) is 8.78 Å². The molecule has 6 heteroatoms. The van der Waals surface area contributed by atoms with Gasteiger partial charge in [0.15, 0.2) is 11.6 Å². The molecule has 0 saturated heterocycles. The number of halogens is 3. The van der Waals surface area contributed by atoms with Gasteiger partial charge in [0.2, 0.25) is 0 Å². The lowest BCUT2D eigenvalue weighted by molar-refractivity contribution is 0.393. The van der Waals surface area contributed by atoms with Crippen molar-refractivity contribution < 1.29 is 18.3 Å². The summed E-state index contributed by atoms with van der Waals surface area (Å²) in [7, 11) is 3.02. The number of ether oxygens (including phenoxy) is 2. The summed E-state index contributed by atoms with van der Waals surface area (Å²) in [5.41, 5.74) is 6.99. The minimum Gasteiger partial charge on any atom is -0.497 e. The highest BCUT2D eigenvalue weighted by Crippen LogP contribution is 2.32. The molecular weight excluding hydrogens is 300 g/mol. The normalized spacial score (nSPS) is 12.1. The second-order valence-electron chi connectivity index (χ2n) is 4.41. The molecule has 0 aliphatic rings. The van der Waals surface area contributed by atoms with Crippen molar-refractivity contribution in [2.45, 2.75) is 6.04 Å². The van der Waals surface area contributed by atoms with E-state index < -0.39 is 17.7 Å². The molecule has 0 saturated carbocycles. The van der Waals surface area contributed by atoms with E-state index in [0.29, 0.717) is 17.1 Å². The second-order valence-corrected chi connectivity index (χ2v) is 4.82. The minimum absolute atomic E-state index is 0.0585. The summed E-state index contributed by atoms with van der Waals surface area (Å²) in [4.78, 5) is 0. The van der Waals surface area contributed by atoms with E-state index in [9.17, 15) is 8.78 Å². The molecule has 0 radical (unpaired) electrons. The average molecular weight is 314 g/mol. The molecule has 0 spiro atoms. The highest BCUT2D eigenvalue weighted by Gasteiger charge is 2.17. The van der Waals surface area contributed by atoms with Crippen LogP contribution in [0.2, 0.25) is 5.02 Å². The molecule has 21 heavy (non-hydrogen) atoms. The number of benzene rings is 2. The Morgan fingerprint density at radius 1 is 0.952 bits per heavy atom. The third-order valence-corrected chi connectivity index (χ3v) is 3.43. The van der Waals surface area contributed by atoms with Crippen molar-refractivity contribution in [1.82, 2.24) is 0 Å². The van der Waals surface area contributed by atoms with Gasteiger partial charge in [0.25, 0.3) is 0 Å². The smallest absolute Gasteiger partial charge is 0.160 e. The van der Waals surface area contributed by atoms with Gasteiger partial charge in [0.1, 0.15) is 11.5 Å². The van der Waals surface area contributed by atoms with E-state index >= 15 is 0 Å². The molecule has 1 atom stereocenters. The van der Waals surface area contributed by atoms with Crippen molar-refractivity contribution in [1.29, 1.82) is 0 Å². The largest absolute Gasteiger partial charge is 0.497 e. The Morgan fingerprint density at radius 2 is 1.48 bits per heavy atom. The molecule has 2 aromatic carbocycles. The first kappa shape index (κ1) is 15.5. The van der Waals surface area contributed by atoms with Crippen LogP contribution in [-0.4, -0.2) is 14.2 Å². The van der Waals surface area contributed by atoms with Crippen LogP contribution < -0.4 is 15.2 Å². The molecule has 0 fully saturated rings. The molecule has 112 valence electrons. The summed E-state index contributed by atoms with van der Waals surface area (Å²) in [5, 5.41) is 0.0585. The van der Waals surface area contributed by atoms with Crippen LogP contribution in [0.25, 0.3) is 0 Å². The van der Waals surface area contributed by atoms with Gasteiger partial charge in [-0.05, 0) is 35.4 Å². The van der Waals surface area contributed by atoms with E-state index in [1.807, 2.05) is 0 Å². The highest BCUT2D eigenvalue weighted by molar-refractivity contribution is 6.31. The van der Waals surface area contributed by atoms with Gasteiger partial charge in [-0.15, -0.1) is 0 Å². The van der Waals surface area contributed by atoms with Crippen LogP contribution >= 0.6 is 11.6 Å². The van der Waals surface area contributed by atoms with Gasteiger partial charge < -0.3 is 15.2 Å². The SMILES string of the molecule is COc1cc(OC)cc(C(N)c2cc(F)c(F)cc2Cl)c1. The molecule has 2 aromatic rings. The fourth-order valence-corrected chi connectivity index (χ4v) is 2.23. The molecule has 2 rings (SSSR count). The van der Waals surface area contributed by atoms with Gasteiger partial charge in [0.05, 0.1) is 20.3 Å². The summed E-state index contributed by atoms with van der Waals surface area (Å²) in [5.74, 6) is -0.934. The molecule has 1 unspecified atom stereocenters. The van der Waals surface area contributed by atoms with Gasteiger partial charge in [-0.1, -0.05) is 11.6 Å². The van der Waals surface area contributed by atoms with Crippen LogP contribution in [0.5, 0.6) is 11.5 Å². The van der Waals surface area contributed by atoms with Gasteiger partial charge in [-0.2, -0.15) is 0 Å². The van der Waals surface area contributed by atoms with Crippen LogP contribution in [0.3, 0.4) is 0 Å². The first-order valence-electron chi connectivity index (χ1n) is 6.09. The predicted octanol–water partition coefficient (Wildman–Crippen LogP) is 3.68. The predicted molar refractivity (Wildman–Crippen MR) is 76.9 cm³/mol. The van der Waals surface area contributed by atoms with Crippen molar-refractivity contribution in [3.05, 3.63) is 58.1 Å². The quantitative estimate of drug-likeness (QED) is 0.876. The third-order valence-electron chi connectivity index (χ3n) is 3.11. The van der Waals surface area contributed by atoms with Crippen LogP contribution in [0.1, 0.15) is 17.2 Å². The monoisotopic (exact) mass is 313 g/mol. The number of nitrogens with two attached hydrogens (primary N) is 1. The lowest BCUT2D eigenvalue weighted by atomic mass is 9.98. The Labute approximate surface area is 126 Å². The van der Waals surface area contributed by atoms with Crippen molar-refractivity contribution >= 4 is 11.6 Å². The Hall–Kier alpha value is -1.85. The molecule has 2 N–H and O–H groups in total. The van der Waals surface area contributed by atoms with Crippen LogP contribution in [0, 0.1) is 11.6 Å². The van der Waals surface area contributed by atoms with Crippen LogP contribution in [0.4, 0.5) is 8.78 Å². The molecule has 3 nitrogen and oxygen atoms in total. The Balaban J connectivity index is 2.49. The minimum atomic E-state index is -1.01. The summed E-state index contributed by atoms with van der Waals surface area (Å²) in [6.07, 6.45) is 0. The molecule has 0 aromatic heterocycles. The lowest BCUT2D eigenvalue weighted by Gasteiger charge is -2.16. The van der Waals surface area contributed by atoms with Crippen LogP contribution in [-0.2, 0) is 0 Å². The topological polar surface area (TPSA) is 44.5 Å². The van der Waals surface area contributed by atoms with E-state index in [-0.39, 0.29) is 10.6 Å². The maximum atomic E-state index is 13.4. The van der Waals surface area contributed by atoms with E-state index in [4.69, 9.17) is 26.8 Å². The second kappa shape index (κ2) is 6.28. The summed E-state index contributed by atoms with van der Waals surface area (Å²) in [6, 6.07) is 6.22. The fourth-order valence-electron chi connectivity index (χ4n) is 1.96. The lowest BCUT2D eigenvalue weighted by Crippen LogP contribution is -2.13. The standard InChI is InChI=1S/C15H14ClF2NO2/c1-20-9-3-8(4-10(5-9)21-2)15(19)11-6-13(17)14(18)7-12(11)16/h3-7,15H,19H2,1-2H3. The third kappa shape index (κ3) is 3.25. The first-order chi connectivity index (χ1) is 9.96.